The summed E-state index contributed by atoms with van der Waals surface area (Å²) < 4.78 is 0. The second kappa shape index (κ2) is 5.44. The Morgan fingerprint density at radius 1 is 1.40 bits per heavy atom. The van der Waals surface area contributed by atoms with Gasteiger partial charge in [0.25, 0.3) is 0 Å². The van der Waals surface area contributed by atoms with Crippen LogP contribution in [0.4, 0.5) is 5.69 Å². The topological polar surface area (TPSA) is 57.9 Å². The fourth-order valence-electron chi connectivity index (χ4n) is 3.32. The zero-order valence-corrected chi connectivity index (χ0v) is 12.4. The van der Waals surface area contributed by atoms with Crippen molar-refractivity contribution in [1.82, 2.24) is 14.9 Å². The van der Waals surface area contributed by atoms with E-state index in [4.69, 9.17) is 5.73 Å². The van der Waals surface area contributed by atoms with Gasteiger partial charge in [-0.1, -0.05) is 19.8 Å². The fraction of sp³-hybridized carbons (Fsp3) is 0.562. The summed E-state index contributed by atoms with van der Waals surface area (Å²) in [6, 6.07) is 6.53. The number of nitrogen functional groups attached to an aromatic ring is 1. The summed E-state index contributed by atoms with van der Waals surface area (Å²) >= 11 is 0. The van der Waals surface area contributed by atoms with Gasteiger partial charge >= 0.3 is 0 Å². The molecule has 20 heavy (non-hydrogen) atoms. The van der Waals surface area contributed by atoms with Gasteiger partial charge in [0.05, 0.1) is 17.6 Å². The van der Waals surface area contributed by atoms with Crippen LogP contribution in [0.3, 0.4) is 0 Å². The van der Waals surface area contributed by atoms with E-state index in [9.17, 15) is 0 Å². The van der Waals surface area contributed by atoms with Crippen LogP contribution in [0.5, 0.6) is 0 Å². The van der Waals surface area contributed by atoms with Gasteiger partial charge in [0.15, 0.2) is 0 Å². The van der Waals surface area contributed by atoms with Crippen LogP contribution in [0.15, 0.2) is 18.2 Å². The maximum atomic E-state index is 5.81. The van der Waals surface area contributed by atoms with Gasteiger partial charge in [-0.05, 0) is 44.0 Å². The predicted molar refractivity (Wildman–Crippen MR) is 83.4 cm³/mol. The third-order valence-electron chi connectivity index (χ3n) is 4.49. The second-order valence-electron chi connectivity index (χ2n) is 6.30. The number of hydrogen-bond donors (Lipinski definition) is 2. The lowest BCUT2D eigenvalue weighted by atomic mass is 9.86. The van der Waals surface area contributed by atoms with Crippen molar-refractivity contribution in [1.29, 1.82) is 0 Å². The number of nitrogens with two attached hydrogens (primary N) is 1. The molecule has 3 rings (SSSR count). The van der Waals surface area contributed by atoms with Gasteiger partial charge in [-0.25, -0.2) is 4.98 Å². The van der Waals surface area contributed by atoms with Crippen LogP contribution in [0.2, 0.25) is 0 Å². The molecule has 1 aromatic heterocycles. The molecular formula is C16H24N4. The molecule has 4 nitrogen and oxygen atoms in total. The van der Waals surface area contributed by atoms with E-state index in [0.29, 0.717) is 6.04 Å². The van der Waals surface area contributed by atoms with E-state index < -0.39 is 0 Å². The highest BCUT2D eigenvalue weighted by Gasteiger charge is 2.22. The number of rotatable bonds is 3. The average molecular weight is 272 g/mol. The minimum atomic E-state index is 0.692. The zero-order valence-electron chi connectivity index (χ0n) is 12.4. The first kappa shape index (κ1) is 13.4. The normalized spacial score (nSPS) is 23.6. The third-order valence-corrected chi connectivity index (χ3v) is 4.49. The molecule has 1 aliphatic carbocycles. The molecular weight excluding hydrogens is 248 g/mol. The van der Waals surface area contributed by atoms with Crippen molar-refractivity contribution in [2.45, 2.75) is 45.2 Å². The third kappa shape index (κ3) is 2.80. The maximum Gasteiger partial charge on any atom is 0.121 e. The molecule has 0 bridgehead atoms. The molecule has 1 saturated carbocycles. The zero-order chi connectivity index (χ0) is 14.1. The van der Waals surface area contributed by atoms with E-state index in [-0.39, 0.29) is 0 Å². The Labute approximate surface area is 120 Å². The number of aromatic nitrogens is 2. The second-order valence-corrected chi connectivity index (χ2v) is 6.30. The molecule has 1 heterocycles. The summed E-state index contributed by atoms with van der Waals surface area (Å²) in [5, 5.41) is 0. The first-order chi connectivity index (χ1) is 9.61. The van der Waals surface area contributed by atoms with Gasteiger partial charge in [-0.3, -0.25) is 4.90 Å². The number of anilines is 1. The van der Waals surface area contributed by atoms with E-state index >= 15 is 0 Å². The van der Waals surface area contributed by atoms with Crippen molar-refractivity contribution in [2.24, 2.45) is 5.92 Å². The Balaban J connectivity index is 1.72. The molecule has 4 heteroatoms. The van der Waals surface area contributed by atoms with Crippen molar-refractivity contribution in [3.63, 3.8) is 0 Å². The minimum Gasteiger partial charge on any atom is -0.399 e. The van der Waals surface area contributed by atoms with Crippen molar-refractivity contribution in [2.75, 3.05) is 12.8 Å². The molecule has 0 spiro atoms. The lowest BCUT2D eigenvalue weighted by molar-refractivity contribution is 0.155. The molecule has 0 saturated heterocycles. The number of nitrogens with zero attached hydrogens (tertiary/aromatic N) is 2. The molecule has 2 atom stereocenters. The number of hydrogen-bond acceptors (Lipinski definition) is 3. The average Bonchev–Trinajstić information content (AvgIpc) is 2.80. The quantitative estimate of drug-likeness (QED) is 0.844. The molecule has 3 N–H and O–H groups in total. The lowest BCUT2D eigenvalue weighted by Gasteiger charge is -2.33. The number of benzene rings is 1. The van der Waals surface area contributed by atoms with E-state index in [0.717, 1.165) is 35.0 Å². The largest absolute Gasteiger partial charge is 0.399 e. The Bertz CT molecular complexity index is 589. The Kier molecular flexibility index (Phi) is 3.66. The summed E-state index contributed by atoms with van der Waals surface area (Å²) in [6.45, 7) is 3.25. The van der Waals surface area contributed by atoms with E-state index in [1.54, 1.807) is 0 Å². The smallest absolute Gasteiger partial charge is 0.121 e. The van der Waals surface area contributed by atoms with Crippen molar-refractivity contribution >= 4 is 16.7 Å². The Morgan fingerprint density at radius 3 is 3.05 bits per heavy atom. The maximum absolute atomic E-state index is 5.81. The van der Waals surface area contributed by atoms with E-state index in [1.807, 2.05) is 18.2 Å². The molecule has 2 unspecified atom stereocenters. The SMILES string of the molecule is CC1CCCC(N(C)Cc2nc3ccc(N)cc3[nH]2)C1. The lowest BCUT2D eigenvalue weighted by Crippen LogP contribution is -2.35. The number of imidazole rings is 1. The van der Waals surface area contributed by atoms with Crippen LogP contribution in [-0.2, 0) is 6.54 Å². The molecule has 0 radical (unpaired) electrons. The number of fused-ring (bicyclic) bond motifs is 1. The molecule has 108 valence electrons. The monoisotopic (exact) mass is 272 g/mol. The highest BCUT2D eigenvalue weighted by molar-refractivity contribution is 5.78. The molecule has 0 aliphatic heterocycles. The summed E-state index contributed by atoms with van der Waals surface area (Å²) in [7, 11) is 2.21. The van der Waals surface area contributed by atoms with Gasteiger partial charge in [-0.2, -0.15) is 0 Å². The minimum absolute atomic E-state index is 0.692. The van der Waals surface area contributed by atoms with Crippen LogP contribution in [0.25, 0.3) is 11.0 Å². The van der Waals surface area contributed by atoms with Crippen LogP contribution in [-0.4, -0.2) is 28.0 Å². The Hall–Kier alpha value is -1.55. The number of nitrogens with one attached hydrogen (secondary N) is 1. The van der Waals surface area contributed by atoms with Crippen molar-refractivity contribution in [3.8, 4) is 0 Å². The first-order valence-electron chi connectivity index (χ1n) is 7.56. The van der Waals surface area contributed by atoms with Crippen LogP contribution < -0.4 is 5.73 Å². The molecule has 1 aliphatic rings. The van der Waals surface area contributed by atoms with E-state index in [1.165, 1.54) is 25.7 Å². The molecule has 0 amide bonds. The van der Waals surface area contributed by atoms with Gasteiger partial charge in [0, 0.05) is 11.7 Å². The number of aromatic amines is 1. The van der Waals surface area contributed by atoms with Crippen molar-refractivity contribution in [3.05, 3.63) is 24.0 Å². The molecule has 2 aromatic rings. The van der Waals surface area contributed by atoms with Gasteiger partial charge in [0.1, 0.15) is 5.82 Å². The summed E-state index contributed by atoms with van der Waals surface area (Å²) in [5.41, 5.74) is 8.62. The highest BCUT2D eigenvalue weighted by atomic mass is 15.2. The van der Waals surface area contributed by atoms with Crippen LogP contribution in [0, 0.1) is 5.92 Å². The van der Waals surface area contributed by atoms with Crippen molar-refractivity contribution < 1.29 is 0 Å². The summed E-state index contributed by atoms with van der Waals surface area (Å²) in [5.74, 6) is 1.89. The number of H-pyrrole nitrogens is 1. The fourth-order valence-corrected chi connectivity index (χ4v) is 3.32. The summed E-state index contributed by atoms with van der Waals surface area (Å²) in [4.78, 5) is 10.5. The standard InChI is InChI=1S/C16H24N4/c1-11-4-3-5-13(8-11)20(2)10-16-18-14-7-6-12(17)9-15(14)19-16/h6-7,9,11,13H,3-5,8,10,17H2,1-2H3,(H,18,19). The molecule has 1 fully saturated rings. The first-order valence-corrected chi connectivity index (χ1v) is 7.56. The Morgan fingerprint density at radius 2 is 2.25 bits per heavy atom. The van der Waals surface area contributed by atoms with Gasteiger partial charge < -0.3 is 10.7 Å². The highest BCUT2D eigenvalue weighted by Crippen LogP contribution is 2.27. The predicted octanol–water partition coefficient (Wildman–Crippen LogP) is 3.16. The van der Waals surface area contributed by atoms with Crippen LogP contribution >= 0.6 is 0 Å². The van der Waals surface area contributed by atoms with Gasteiger partial charge in [0.2, 0.25) is 0 Å². The summed E-state index contributed by atoms with van der Waals surface area (Å²) in [6.07, 6.45) is 5.36. The molecule has 1 aromatic carbocycles. The van der Waals surface area contributed by atoms with E-state index in [2.05, 4.69) is 28.8 Å². The van der Waals surface area contributed by atoms with Crippen LogP contribution in [0.1, 0.15) is 38.4 Å². The van der Waals surface area contributed by atoms with Gasteiger partial charge in [-0.15, -0.1) is 0 Å².